The number of hydrogen-bond acceptors (Lipinski definition) is 5. The van der Waals surface area contributed by atoms with Gasteiger partial charge in [0.05, 0.1) is 47.0 Å². The quantitative estimate of drug-likeness (QED) is 0.714. The summed E-state index contributed by atoms with van der Waals surface area (Å²) < 4.78 is 7.19. The molecule has 0 spiro atoms. The Kier molecular flexibility index (Phi) is 4.68. The topological polar surface area (TPSA) is 72.3 Å². The second-order valence-corrected chi connectivity index (χ2v) is 7.15. The minimum Gasteiger partial charge on any atom is -0.493 e. The minimum absolute atomic E-state index is 0.0598. The summed E-state index contributed by atoms with van der Waals surface area (Å²) in [5, 5.41) is 8.24. The van der Waals surface area contributed by atoms with Crippen LogP contribution in [0.15, 0.2) is 36.5 Å². The number of methoxy groups -OCH3 is 1. The molecule has 0 aliphatic carbocycles. The number of nitrogens with one attached hydrogen (secondary N) is 1. The van der Waals surface area contributed by atoms with Gasteiger partial charge in [0.2, 0.25) is 0 Å². The van der Waals surface area contributed by atoms with Gasteiger partial charge in [0.25, 0.3) is 5.91 Å². The molecule has 0 saturated carbocycles. The smallest absolute Gasteiger partial charge is 0.257 e. The van der Waals surface area contributed by atoms with E-state index in [-0.39, 0.29) is 5.91 Å². The van der Waals surface area contributed by atoms with Crippen LogP contribution in [0.1, 0.15) is 27.4 Å². The van der Waals surface area contributed by atoms with Gasteiger partial charge >= 0.3 is 0 Å². The Labute approximate surface area is 167 Å². The predicted octanol–water partition coefficient (Wildman–Crippen LogP) is 3.40. The molecule has 0 atom stereocenters. The fourth-order valence-electron chi connectivity index (χ4n) is 3.39. The number of para-hydroxylation sites is 1. The van der Waals surface area contributed by atoms with Crippen molar-refractivity contribution in [1.29, 1.82) is 0 Å². The van der Waals surface area contributed by atoms with E-state index >= 15 is 0 Å². The average Bonchev–Trinajstić information content (AvgIpc) is 3.18. The van der Waals surface area contributed by atoms with Crippen molar-refractivity contribution in [2.45, 2.75) is 13.0 Å². The lowest BCUT2D eigenvalue weighted by molar-refractivity contribution is 0.0817. The van der Waals surface area contributed by atoms with Crippen LogP contribution in [0.2, 0.25) is 5.02 Å². The summed E-state index contributed by atoms with van der Waals surface area (Å²) in [5.74, 6) is 0.468. The summed E-state index contributed by atoms with van der Waals surface area (Å²) in [7, 11) is 5.21. The number of aromatic nitrogens is 3. The molecule has 0 fully saturated rings. The van der Waals surface area contributed by atoms with E-state index in [1.165, 1.54) is 0 Å². The number of hydrogen-bond donors (Lipinski definition) is 1. The molecule has 4 rings (SSSR count). The van der Waals surface area contributed by atoms with Gasteiger partial charge in [-0.25, -0.2) is 0 Å². The highest BCUT2D eigenvalue weighted by atomic mass is 35.5. The zero-order chi connectivity index (χ0) is 19.8. The number of carbonyl (C=O) groups excluding carboxylic acids is 1. The highest BCUT2D eigenvalue weighted by molar-refractivity contribution is 6.32. The monoisotopic (exact) mass is 397 g/mol. The number of benzene rings is 1. The molecule has 0 saturated heterocycles. The molecule has 2 aromatic heterocycles. The molecule has 1 aliphatic rings. The van der Waals surface area contributed by atoms with Crippen molar-refractivity contribution in [2.24, 2.45) is 7.05 Å². The first-order valence-electron chi connectivity index (χ1n) is 8.82. The maximum atomic E-state index is 12.7. The Balaban J connectivity index is 1.77. The number of carbonyl (C=O) groups is 1. The Morgan fingerprint density at radius 2 is 2.04 bits per heavy atom. The Bertz CT molecular complexity index is 1060. The number of pyridine rings is 1. The summed E-state index contributed by atoms with van der Waals surface area (Å²) in [4.78, 5) is 19.0. The van der Waals surface area contributed by atoms with E-state index in [2.05, 4.69) is 10.4 Å². The van der Waals surface area contributed by atoms with Crippen LogP contribution in [-0.2, 0) is 20.0 Å². The number of nitrogens with zero attached hydrogens (tertiary/aromatic N) is 4. The van der Waals surface area contributed by atoms with Gasteiger partial charge in [0.15, 0.2) is 5.75 Å². The molecule has 28 heavy (non-hydrogen) atoms. The summed E-state index contributed by atoms with van der Waals surface area (Å²) in [6.45, 7) is 0.478. The fourth-order valence-corrected chi connectivity index (χ4v) is 3.64. The number of fused-ring (bicyclic) bond motifs is 1. The predicted molar refractivity (Wildman–Crippen MR) is 107 cm³/mol. The highest BCUT2D eigenvalue weighted by Crippen LogP contribution is 2.37. The zero-order valence-electron chi connectivity index (χ0n) is 15.9. The lowest BCUT2D eigenvalue weighted by Gasteiger charge is -2.15. The first-order valence-corrected chi connectivity index (χ1v) is 9.20. The van der Waals surface area contributed by atoms with Gasteiger partial charge in [-0.15, -0.1) is 0 Å². The Morgan fingerprint density at radius 3 is 2.75 bits per heavy atom. The fraction of sp³-hybridized carbons (Fsp3) is 0.250. The second kappa shape index (κ2) is 7.16. The Morgan fingerprint density at radius 1 is 1.21 bits per heavy atom. The van der Waals surface area contributed by atoms with E-state index in [9.17, 15) is 4.79 Å². The maximum absolute atomic E-state index is 12.7. The van der Waals surface area contributed by atoms with Crippen molar-refractivity contribution in [3.05, 3.63) is 64.2 Å². The average molecular weight is 398 g/mol. The van der Waals surface area contributed by atoms with Crippen molar-refractivity contribution >= 4 is 28.9 Å². The SMILES string of the molecule is COc1c(Cl)cccc1Nc1cc(Cc2ccn(C)n2)nc2c1C(=O)N(C)C2. The van der Waals surface area contributed by atoms with Gasteiger partial charge in [0.1, 0.15) is 0 Å². The van der Waals surface area contributed by atoms with Crippen LogP contribution in [0.25, 0.3) is 0 Å². The van der Waals surface area contributed by atoms with E-state index in [1.54, 1.807) is 29.8 Å². The van der Waals surface area contributed by atoms with E-state index < -0.39 is 0 Å². The first kappa shape index (κ1) is 18.3. The number of anilines is 2. The summed E-state index contributed by atoms with van der Waals surface area (Å²) in [6, 6.07) is 9.30. The van der Waals surface area contributed by atoms with Crippen molar-refractivity contribution in [2.75, 3.05) is 19.5 Å². The summed E-state index contributed by atoms with van der Waals surface area (Å²) in [6.07, 6.45) is 2.48. The van der Waals surface area contributed by atoms with Crippen molar-refractivity contribution in [3.8, 4) is 5.75 Å². The molecule has 7 nitrogen and oxygen atoms in total. The lowest BCUT2D eigenvalue weighted by atomic mass is 10.1. The minimum atomic E-state index is -0.0598. The molecule has 3 heterocycles. The molecule has 0 radical (unpaired) electrons. The van der Waals surface area contributed by atoms with Gasteiger partial charge < -0.3 is 15.0 Å². The normalized spacial score (nSPS) is 13.0. The van der Waals surface area contributed by atoms with Gasteiger partial charge in [-0.05, 0) is 24.3 Å². The van der Waals surface area contributed by atoms with Crippen LogP contribution in [0.3, 0.4) is 0 Å². The van der Waals surface area contributed by atoms with Crippen molar-refractivity contribution in [3.63, 3.8) is 0 Å². The highest BCUT2D eigenvalue weighted by Gasteiger charge is 2.30. The maximum Gasteiger partial charge on any atom is 0.257 e. The molecule has 1 aliphatic heterocycles. The number of aryl methyl sites for hydroxylation is 1. The molecule has 3 aromatic rings. The Hall–Kier alpha value is -3.06. The van der Waals surface area contributed by atoms with E-state index in [0.717, 1.165) is 17.1 Å². The third-order valence-corrected chi connectivity index (χ3v) is 4.96. The molecule has 144 valence electrons. The zero-order valence-corrected chi connectivity index (χ0v) is 16.6. The lowest BCUT2D eigenvalue weighted by Crippen LogP contribution is -2.18. The third-order valence-electron chi connectivity index (χ3n) is 4.67. The third kappa shape index (κ3) is 3.29. The van der Waals surface area contributed by atoms with Crippen LogP contribution < -0.4 is 10.1 Å². The van der Waals surface area contributed by atoms with Crippen LogP contribution in [0, 0.1) is 0 Å². The van der Waals surface area contributed by atoms with Crippen LogP contribution >= 0.6 is 11.6 Å². The van der Waals surface area contributed by atoms with Crippen molar-refractivity contribution < 1.29 is 9.53 Å². The van der Waals surface area contributed by atoms with Crippen LogP contribution in [0.5, 0.6) is 5.75 Å². The molecule has 1 aromatic carbocycles. The van der Waals surface area contributed by atoms with Gasteiger partial charge in [-0.2, -0.15) is 5.10 Å². The van der Waals surface area contributed by atoms with E-state index in [0.29, 0.717) is 40.7 Å². The standard InChI is InChI=1S/C20H20ClN5O2/c1-25-11-17-18(20(25)27)16(23-15-6-4-5-14(21)19(15)28-3)10-13(22-17)9-12-7-8-26(2)24-12/h4-8,10H,9,11H2,1-3H3,(H,22,23). The summed E-state index contributed by atoms with van der Waals surface area (Å²) >= 11 is 6.24. The van der Waals surface area contributed by atoms with Crippen LogP contribution in [-0.4, -0.2) is 39.7 Å². The molecule has 1 N–H and O–H groups in total. The van der Waals surface area contributed by atoms with Gasteiger partial charge in [0, 0.05) is 32.4 Å². The van der Waals surface area contributed by atoms with Crippen LogP contribution in [0.4, 0.5) is 11.4 Å². The molecule has 0 unspecified atom stereocenters. The van der Waals surface area contributed by atoms with Crippen molar-refractivity contribution in [1.82, 2.24) is 19.7 Å². The number of ether oxygens (including phenoxy) is 1. The summed E-state index contributed by atoms with van der Waals surface area (Å²) in [5.41, 5.74) is 4.46. The van der Waals surface area contributed by atoms with Gasteiger partial charge in [-0.1, -0.05) is 17.7 Å². The number of rotatable bonds is 5. The molecular formula is C20H20ClN5O2. The van der Waals surface area contributed by atoms with Gasteiger partial charge in [-0.3, -0.25) is 14.5 Å². The molecular weight excluding hydrogens is 378 g/mol. The molecule has 8 heteroatoms. The van der Waals surface area contributed by atoms with E-state index in [4.69, 9.17) is 21.3 Å². The van der Waals surface area contributed by atoms with E-state index in [1.807, 2.05) is 37.5 Å². The number of amides is 1. The largest absolute Gasteiger partial charge is 0.493 e. The molecule has 0 bridgehead atoms. The molecule has 1 amide bonds. The first-order chi connectivity index (χ1) is 13.5. The second-order valence-electron chi connectivity index (χ2n) is 6.75. The number of halogens is 1.